The molecule has 0 saturated carbocycles. The van der Waals surface area contributed by atoms with Crippen molar-refractivity contribution in [1.29, 1.82) is 0 Å². The second-order valence-electron chi connectivity index (χ2n) is 5.19. The maximum absolute atomic E-state index is 6.42. The first-order valence-corrected chi connectivity index (χ1v) is 7.38. The lowest BCUT2D eigenvalue weighted by Crippen LogP contribution is -2.50. The third-order valence-electron chi connectivity index (χ3n) is 3.50. The van der Waals surface area contributed by atoms with Crippen molar-refractivity contribution in [2.45, 2.75) is 12.7 Å². The number of hydrogen-bond donors (Lipinski definition) is 4. The summed E-state index contributed by atoms with van der Waals surface area (Å²) in [6.45, 7) is 2.02. The Balaban J connectivity index is 2.08. The average Bonchev–Trinajstić information content (AvgIpc) is 2.81. The highest BCUT2D eigenvalue weighted by Crippen LogP contribution is 2.38. The molecule has 0 fully saturated rings. The lowest BCUT2D eigenvalue weighted by molar-refractivity contribution is 0.375. The molecular formula is C15H15Cl2N5. The number of hydrazine groups is 1. The van der Waals surface area contributed by atoms with Gasteiger partial charge in [-0.1, -0.05) is 53.0 Å². The van der Waals surface area contributed by atoms with Crippen molar-refractivity contribution in [3.05, 3.63) is 57.6 Å². The highest BCUT2D eigenvalue weighted by Gasteiger charge is 2.32. The minimum absolute atomic E-state index is 0.206. The Morgan fingerprint density at radius 2 is 1.68 bits per heavy atom. The van der Waals surface area contributed by atoms with Crippen molar-refractivity contribution in [2.75, 3.05) is 0 Å². The van der Waals surface area contributed by atoms with Crippen LogP contribution in [0.15, 0.2) is 41.4 Å². The Bertz CT molecular complexity index is 734. The molecule has 114 valence electrons. The van der Waals surface area contributed by atoms with E-state index in [2.05, 4.69) is 15.8 Å². The van der Waals surface area contributed by atoms with E-state index >= 15 is 0 Å². The second-order valence-corrected chi connectivity index (χ2v) is 6.01. The molecule has 0 bridgehead atoms. The van der Waals surface area contributed by atoms with Gasteiger partial charge in [0.2, 0.25) is 11.7 Å². The lowest BCUT2D eigenvalue weighted by Gasteiger charge is -2.22. The zero-order valence-corrected chi connectivity index (χ0v) is 13.3. The molecule has 0 aliphatic carbocycles. The van der Waals surface area contributed by atoms with E-state index < -0.39 is 5.79 Å². The van der Waals surface area contributed by atoms with Gasteiger partial charge in [0, 0.05) is 11.1 Å². The van der Waals surface area contributed by atoms with Gasteiger partial charge < -0.3 is 5.73 Å². The van der Waals surface area contributed by atoms with Crippen LogP contribution in [0.2, 0.25) is 10.0 Å². The number of hydrogen-bond acceptors (Lipinski definition) is 5. The first-order chi connectivity index (χ1) is 10.4. The van der Waals surface area contributed by atoms with Gasteiger partial charge in [-0.15, -0.1) is 0 Å². The van der Waals surface area contributed by atoms with Crippen LogP contribution in [0.3, 0.4) is 0 Å². The molecule has 22 heavy (non-hydrogen) atoms. The highest BCUT2D eigenvalue weighted by molar-refractivity contribution is 6.39. The van der Waals surface area contributed by atoms with Crippen LogP contribution >= 0.6 is 23.2 Å². The molecule has 5 nitrogen and oxygen atoms in total. The fraction of sp³-hybridized carbons (Fsp3) is 0.133. The Labute approximate surface area is 138 Å². The van der Waals surface area contributed by atoms with Gasteiger partial charge in [0.05, 0.1) is 10.0 Å². The van der Waals surface area contributed by atoms with Gasteiger partial charge in [-0.05, 0) is 24.6 Å². The molecule has 1 atom stereocenters. The van der Waals surface area contributed by atoms with Gasteiger partial charge >= 0.3 is 0 Å². The summed E-state index contributed by atoms with van der Waals surface area (Å²) >= 11 is 12.8. The molecule has 0 aromatic heterocycles. The molecular weight excluding hydrogens is 321 g/mol. The number of halogens is 2. The van der Waals surface area contributed by atoms with Gasteiger partial charge in [0.1, 0.15) is 0 Å². The van der Waals surface area contributed by atoms with Crippen LogP contribution in [0.25, 0.3) is 11.1 Å². The summed E-state index contributed by atoms with van der Waals surface area (Å²) in [6, 6.07) is 11.4. The van der Waals surface area contributed by atoms with Crippen LogP contribution < -0.4 is 22.3 Å². The third kappa shape index (κ3) is 2.64. The predicted octanol–water partition coefficient (Wildman–Crippen LogP) is 2.46. The zero-order valence-electron chi connectivity index (χ0n) is 11.8. The summed E-state index contributed by atoms with van der Waals surface area (Å²) in [5, 5.41) is 0.997. The van der Waals surface area contributed by atoms with Crippen molar-refractivity contribution >= 4 is 29.2 Å². The number of guanidine groups is 1. The Hall–Kier alpha value is -1.79. The van der Waals surface area contributed by atoms with Crippen molar-refractivity contribution < 1.29 is 0 Å². The minimum Gasteiger partial charge on any atom is -0.369 e. The fourth-order valence-electron chi connectivity index (χ4n) is 2.33. The first kappa shape index (κ1) is 15.1. The summed E-state index contributed by atoms with van der Waals surface area (Å²) in [4.78, 5) is 4.12. The molecule has 2 aromatic carbocycles. The second kappa shape index (κ2) is 5.44. The summed E-state index contributed by atoms with van der Waals surface area (Å²) in [5.41, 5.74) is 20.7. The van der Waals surface area contributed by atoms with Crippen LogP contribution in [0, 0.1) is 6.92 Å². The van der Waals surface area contributed by atoms with Gasteiger partial charge in [0.25, 0.3) is 0 Å². The quantitative estimate of drug-likeness (QED) is 0.678. The molecule has 2 aromatic rings. The largest absolute Gasteiger partial charge is 0.369 e. The van der Waals surface area contributed by atoms with E-state index in [0.29, 0.717) is 15.6 Å². The molecule has 1 aliphatic heterocycles. The van der Waals surface area contributed by atoms with E-state index in [9.17, 15) is 0 Å². The van der Waals surface area contributed by atoms with Crippen LogP contribution in [-0.4, -0.2) is 5.96 Å². The molecule has 1 heterocycles. The standard InChI is InChI=1S/C15H15Cl2N5/c1-8-2-4-9(5-3-8)13-11(16)6-10(7-12(13)17)15(19)20-14(18)21-22-15/h2-7,22H,19H2,1H3,(H3,18,20,21). The third-order valence-corrected chi connectivity index (χ3v) is 4.10. The normalized spacial score (nSPS) is 20.6. The predicted molar refractivity (Wildman–Crippen MR) is 90.4 cm³/mol. The smallest absolute Gasteiger partial charge is 0.209 e. The molecule has 0 amide bonds. The van der Waals surface area contributed by atoms with Crippen molar-refractivity contribution in [1.82, 2.24) is 10.9 Å². The monoisotopic (exact) mass is 335 g/mol. The topological polar surface area (TPSA) is 88.5 Å². The number of rotatable bonds is 2. The highest BCUT2D eigenvalue weighted by atomic mass is 35.5. The summed E-state index contributed by atoms with van der Waals surface area (Å²) in [5.74, 6) is -0.985. The van der Waals surface area contributed by atoms with E-state index in [1.54, 1.807) is 12.1 Å². The van der Waals surface area contributed by atoms with Gasteiger partial charge in [-0.2, -0.15) is 5.43 Å². The van der Waals surface area contributed by atoms with Crippen molar-refractivity contribution in [3.63, 3.8) is 0 Å². The molecule has 1 unspecified atom stereocenters. The number of aliphatic imine (C=N–C) groups is 1. The molecule has 0 spiro atoms. The van der Waals surface area contributed by atoms with Crippen LogP contribution in [0.1, 0.15) is 11.1 Å². The molecule has 1 aliphatic rings. The summed E-state index contributed by atoms with van der Waals surface area (Å²) in [7, 11) is 0. The van der Waals surface area contributed by atoms with Gasteiger partial charge in [0.15, 0.2) is 0 Å². The van der Waals surface area contributed by atoms with E-state index in [1.807, 2.05) is 31.2 Å². The van der Waals surface area contributed by atoms with E-state index in [4.69, 9.17) is 34.7 Å². The Morgan fingerprint density at radius 1 is 1.09 bits per heavy atom. The molecule has 0 radical (unpaired) electrons. The van der Waals surface area contributed by atoms with Crippen molar-refractivity contribution in [3.8, 4) is 11.1 Å². The van der Waals surface area contributed by atoms with E-state index in [-0.39, 0.29) is 5.96 Å². The Morgan fingerprint density at radius 3 is 2.18 bits per heavy atom. The van der Waals surface area contributed by atoms with E-state index in [0.717, 1.165) is 11.1 Å². The number of nitrogens with two attached hydrogens (primary N) is 2. The lowest BCUT2D eigenvalue weighted by atomic mass is 10.0. The van der Waals surface area contributed by atoms with Crippen LogP contribution in [0.5, 0.6) is 0 Å². The average molecular weight is 336 g/mol. The zero-order chi connectivity index (χ0) is 15.9. The maximum Gasteiger partial charge on any atom is 0.209 e. The number of nitrogens with zero attached hydrogens (tertiary/aromatic N) is 1. The first-order valence-electron chi connectivity index (χ1n) is 6.63. The van der Waals surface area contributed by atoms with E-state index in [1.165, 1.54) is 5.56 Å². The number of nitrogens with one attached hydrogen (secondary N) is 2. The van der Waals surface area contributed by atoms with Crippen molar-refractivity contribution in [2.24, 2.45) is 16.5 Å². The maximum atomic E-state index is 6.42. The Kier molecular flexibility index (Phi) is 3.74. The summed E-state index contributed by atoms with van der Waals surface area (Å²) in [6.07, 6.45) is 0. The van der Waals surface area contributed by atoms with Crippen LogP contribution in [0.4, 0.5) is 0 Å². The fourth-order valence-corrected chi connectivity index (χ4v) is 3.04. The molecule has 6 N–H and O–H groups in total. The van der Waals surface area contributed by atoms with Gasteiger partial charge in [-0.25, -0.2) is 4.99 Å². The molecule has 3 rings (SSSR count). The molecule has 7 heteroatoms. The summed E-state index contributed by atoms with van der Waals surface area (Å²) < 4.78 is 0. The number of aryl methyl sites for hydroxylation is 1. The van der Waals surface area contributed by atoms with Gasteiger partial charge in [-0.3, -0.25) is 11.2 Å². The SMILES string of the molecule is Cc1ccc(-c2c(Cl)cc(C3(N)N=C(N)NN3)cc2Cl)cc1. The molecule has 0 saturated heterocycles. The minimum atomic E-state index is -1.19. The van der Waals surface area contributed by atoms with Crippen LogP contribution in [-0.2, 0) is 5.79 Å². The number of benzene rings is 2.